The van der Waals surface area contributed by atoms with Gasteiger partial charge in [-0.3, -0.25) is 9.59 Å². The molecule has 3 heteroatoms. The molecule has 0 heterocycles. The summed E-state index contributed by atoms with van der Waals surface area (Å²) in [7, 11) is 1.91. The van der Waals surface area contributed by atoms with Crippen LogP contribution in [0.1, 0.15) is 72.1 Å². The first-order chi connectivity index (χ1) is 13.2. The zero-order valence-electron chi connectivity index (χ0n) is 18.0. The van der Waals surface area contributed by atoms with E-state index >= 15 is 0 Å². The van der Waals surface area contributed by atoms with E-state index in [-0.39, 0.29) is 22.7 Å². The molecule has 5 aliphatic rings. The molecule has 0 aromatic heterocycles. The van der Waals surface area contributed by atoms with E-state index < -0.39 is 0 Å². The summed E-state index contributed by atoms with van der Waals surface area (Å²) in [5, 5.41) is 0. The minimum Gasteiger partial charge on any atom is -0.342 e. The summed E-state index contributed by atoms with van der Waals surface area (Å²) in [5.74, 6) is 1.59. The predicted octanol–water partition coefficient (Wildman–Crippen LogP) is 4.92. The summed E-state index contributed by atoms with van der Waals surface area (Å²) in [6.07, 6.45) is 12.9. The van der Waals surface area contributed by atoms with Gasteiger partial charge in [-0.05, 0) is 91.9 Å². The van der Waals surface area contributed by atoms with Gasteiger partial charge < -0.3 is 4.90 Å². The Bertz CT molecular complexity index is 813. The highest BCUT2D eigenvalue weighted by Crippen LogP contribution is 2.87. The van der Waals surface area contributed by atoms with Gasteiger partial charge in [0, 0.05) is 12.5 Å². The van der Waals surface area contributed by atoms with Gasteiger partial charge in [0.2, 0.25) is 6.41 Å². The highest BCUT2D eigenvalue weighted by Gasteiger charge is 2.80. The second-order valence-corrected chi connectivity index (χ2v) is 11.2. The van der Waals surface area contributed by atoms with Gasteiger partial charge in [-0.1, -0.05) is 32.1 Å². The van der Waals surface area contributed by atoms with E-state index in [2.05, 4.69) is 26.5 Å². The van der Waals surface area contributed by atoms with Gasteiger partial charge in [-0.15, -0.1) is 0 Å². The smallest absolute Gasteiger partial charge is 0.209 e. The Morgan fingerprint density at radius 3 is 2.61 bits per heavy atom. The first kappa shape index (κ1) is 18.6. The highest BCUT2D eigenvalue weighted by atomic mass is 16.1. The van der Waals surface area contributed by atoms with Gasteiger partial charge >= 0.3 is 0 Å². The Kier molecular flexibility index (Phi) is 3.60. The summed E-state index contributed by atoms with van der Waals surface area (Å²) < 4.78 is 0. The highest BCUT2D eigenvalue weighted by molar-refractivity contribution is 5.95. The lowest BCUT2D eigenvalue weighted by molar-refractivity contribution is -0.124. The predicted molar refractivity (Wildman–Crippen MR) is 111 cm³/mol. The third-order valence-electron chi connectivity index (χ3n) is 10.8. The summed E-state index contributed by atoms with van der Waals surface area (Å²) in [6, 6.07) is 0.226. The van der Waals surface area contributed by atoms with Crippen LogP contribution in [0.25, 0.3) is 0 Å². The molecule has 0 saturated heterocycles. The van der Waals surface area contributed by atoms with Gasteiger partial charge in [0.05, 0.1) is 6.04 Å². The molecule has 4 saturated carbocycles. The van der Waals surface area contributed by atoms with Crippen LogP contribution in [0.3, 0.4) is 0 Å². The van der Waals surface area contributed by atoms with Gasteiger partial charge in [0.1, 0.15) is 0 Å². The molecule has 2 spiro atoms. The second-order valence-electron chi connectivity index (χ2n) is 11.2. The average Bonchev–Trinajstić information content (AvgIpc) is 3.23. The van der Waals surface area contributed by atoms with Gasteiger partial charge in [0.15, 0.2) is 5.78 Å². The number of ketones is 1. The Morgan fingerprint density at radius 1 is 1.18 bits per heavy atom. The average molecular weight is 382 g/mol. The molecule has 4 fully saturated rings. The third-order valence-corrected chi connectivity index (χ3v) is 10.8. The number of carbonyl (C=O) groups excluding carboxylic acids is 2. The molecule has 0 N–H and O–H groups in total. The summed E-state index contributed by atoms with van der Waals surface area (Å²) >= 11 is 0. The second kappa shape index (κ2) is 5.40. The van der Waals surface area contributed by atoms with Crippen molar-refractivity contribution < 1.29 is 9.59 Å². The molecule has 5 aliphatic carbocycles. The lowest BCUT2D eigenvalue weighted by Gasteiger charge is -2.61. The van der Waals surface area contributed by atoms with E-state index in [1.54, 1.807) is 6.92 Å². The molecule has 0 aromatic rings. The van der Waals surface area contributed by atoms with Crippen LogP contribution in [-0.4, -0.2) is 30.2 Å². The van der Waals surface area contributed by atoms with Crippen LogP contribution < -0.4 is 0 Å². The van der Waals surface area contributed by atoms with Crippen LogP contribution in [0.15, 0.2) is 23.8 Å². The Balaban J connectivity index is 1.49. The van der Waals surface area contributed by atoms with Crippen LogP contribution in [0.5, 0.6) is 0 Å². The monoisotopic (exact) mass is 381 g/mol. The first-order valence-corrected chi connectivity index (χ1v) is 11.2. The number of hydrogen-bond donors (Lipinski definition) is 0. The molecule has 1 amide bonds. The molecule has 28 heavy (non-hydrogen) atoms. The third kappa shape index (κ3) is 1.83. The van der Waals surface area contributed by atoms with Crippen molar-refractivity contribution in [1.29, 1.82) is 0 Å². The maximum Gasteiger partial charge on any atom is 0.209 e. The fourth-order valence-corrected chi connectivity index (χ4v) is 9.21. The lowest BCUT2D eigenvalue weighted by atomic mass is 9.43. The fraction of sp³-hybridized carbons (Fsp3) is 0.760. The Morgan fingerprint density at radius 2 is 1.93 bits per heavy atom. The molecule has 0 aromatic carbocycles. The van der Waals surface area contributed by atoms with Crippen LogP contribution in [-0.2, 0) is 9.59 Å². The quantitative estimate of drug-likeness (QED) is 0.514. The molecule has 152 valence electrons. The van der Waals surface area contributed by atoms with Crippen LogP contribution in [0, 0.1) is 33.5 Å². The standard InChI is InChI=1S/C25H35NO2/c1-16-18-6-7-21-23(4)10-8-19(17(2)28)22(23,3)12-13-25(21)14-24(18,25)11-9-20(16)26(5)15-27/h8,15,18,20-21H,1,6-7,9-14H2,2-5H3. The maximum absolute atomic E-state index is 12.4. The molecule has 7 atom stereocenters. The van der Waals surface area contributed by atoms with E-state index in [9.17, 15) is 9.59 Å². The van der Waals surface area contributed by atoms with Crippen LogP contribution >= 0.6 is 0 Å². The topological polar surface area (TPSA) is 37.4 Å². The van der Waals surface area contributed by atoms with E-state index in [4.69, 9.17) is 0 Å². The van der Waals surface area contributed by atoms with Crippen molar-refractivity contribution >= 4 is 12.2 Å². The minimum absolute atomic E-state index is 0.0529. The maximum atomic E-state index is 12.4. The number of nitrogens with zero attached hydrogens (tertiary/aromatic N) is 1. The molecule has 7 unspecified atom stereocenters. The number of Topliss-reactive ketones (excluding diaryl/α,β-unsaturated/α-hetero) is 1. The van der Waals surface area contributed by atoms with Crippen molar-refractivity contribution in [3.8, 4) is 0 Å². The van der Waals surface area contributed by atoms with Crippen molar-refractivity contribution in [3.63, 3.8) is 0 Å². The molecule has 0 radical (unpaired) electrons. The number of hydrogen-bond acceptors (Lipinski definition) is 2. The number of likely N-dealkylation sites (N-methyl/N-ethyl adjacent to an activating group) is 1. The lowest BCUT2D eigenvalue weighted by Crippen LogP contribution is -2.55. The molecular weight excluding hydrogens is 346 g/mol. The number of allylic oxidation sites excluding steroid dienone is 2. The normalized spacial score (nSPS) is 51.2. The van der Waals surface area contributed by atoms with Crippen molar-refractivity contribution in [3.05, 3.63) is 23.8 Å². The fourth-order valence-electron chi connectivity index (χ4n) is 9.21. The minimum atomic E-state index is 0.0529. The first-order valence-electron chi connectivity index (χ1n) is 11.2. The molecule has 0 bridgehead atoms. The zero-order chi connectivity index (χ0) is 20.1. The zero-order valence-corrected chi connectivity index (χ0v) is 18.0. The molecule has 0 aliphatic heterocycles. The molecule has 3 nitrogen and oxygen atoms in total. The Hall–Kier alpha value is -1.38. The van der Waals surface area contributed by atoms with Gasteiger partial charge in [-0.2, -0.15) is 0 Å². The molecule has 5 rings (SSSR count). The van der Waals surface area contributed by atoms with E-state index in [0.717, 1.165) is 37.2 Å². The number of amides is 1. The number of fused-ring (bicyclic) bond motifs is 2. The largest absolute Gasteiger partial charge is 0.342 e. The number of rotatable bonds is 3. The SMILES string of the molecule is C=C1C(N(C)C=O)CCC23CC24CCC2(C)C(C(C)=O)=CCC2(C)C4CCC13. The van der Waals surface area contributed by atoms with E-state index in [1.807, 2.05) is 11.9 Å². The van der Waals surface area contributed by atoms with E-state index in [0.29, 0.717) is 16.7 Å². The van der Waals surface area contributed by atoms with Gasteiger partial charge in [0.25, 0.3) is 0 Å². The summed E-state index contributed by atoms with van der Waals surface area (Å²) in [4.78, 5) is 25.6. The molecular formula is C25H35NO2. The van der Waals surface area contributed by atoms with Crippen LogP contribution in [0.2, 0.25) is 0 Å². The van der Waals surface area contributed by atoms with Crippen LogP contribution in [0.4, 0.5) is 0 Å². The van der Waals surface area contributed by atoms with Crippen molar-refractivity contribution in [2.75, 3.05) is 7.05 Å². The summed E-state index contributed by atoms with van der Waals surface area (Å²) in [6.45, 7) is 11.2. The van der Waals surface area contributed by atoms with Crippen molar-refractivity contribution in [2.45, 2.75) is 78.2 Å². The van der Waals surface area contributed by atoms with E-state index in [1.165, 1.54) is 37.7 Å². The van der Waals surface area contributed by atoms with Crippen molar-refractivity contribution in [2.24, 2.45) is 33.5 Å². The number of carbonyl (C=O) groups is 2. The van der Waals surface area contributed by atoms with Gasteiger partial charge in [-0.25, -0.2) is 0 Å². The van der Waals surface area contributed by atoms with Crippen molar-refractivity contribution in [1.82, 2.24) is 4.90 Å². The Labute approximate surface area is 169 Å². The summed E-state index contributed by atoms with van der Waals surface area (Å²) in [5.41, 5.74) is 3.59.